The molecule has 0 radical (unpaired) electrons. The Morgan fingerprint density at radius 2 is 1.63 bits per heavy atom. The molecule has 0 aliphatic carbocycles. The van der Waals surface area contributed by atoms with Gasteiger partial charge in [-0.3, -0.25) is 4.98 Å². The number of nitrogens with one attached hydrogen (secondary N) is 1. The largest absolute Gasteiger partial charge is 0.309 e. The van der Waals surface area contributed by atoms with Crippen molar-refractivity contribution < 1.29 is 0 Å². The Bertz CT molecular complexity index is 533. The molecule has 0 saturated carbocycles. The van der Waals surface area contributed by atoms with E-state index in [1.165, 1.54) is 27.8 Å². The summed E-state index contributed by atoms with van der Waals surface area (Å²) in [5.41, 5.74) is 7.77. The standard InChI is InChI=1S/C17H22N2/c1-12-7-13(2)17(14(3)8-12)11-18-9-16-6-5-15(4)19-10-16/h5-8,10,18H,9,11H2,1-4H3. The van der Waals surface area contributed by atoms with E-state index in [-0.39, 0.29) is 0 Å². The van der Waals surface area contributed by atoms with E-state index in [0.29, 0.717) is 0 Å². The van der Waals surface area contributed by atoms with Gasteiger partial charge in [-0.25, -0.2) is 0 Å². The fraction of sp³-hybridized carbons (Fsp3) is 0.353. The molecule has 2 heteroatoms. The molecule has 0 spiro atoms. The third-order valence-electron chi connectivity index (χ3n) is 3.44. The molecule has 19 heavy (non-hydrogen) atoms. The molecular weight excluding hydrogens is 232 g/mol. The zero-order chi connectivity index (χ0) is 13.8. The van der Waals surface area contributed by atoms with Crippen molar-refractivity contribution in [2.24, 2.45) is 0 Å². The van der Waals surface area contributed by atoms with Crippen molar-refractivity contribution in [2.75, 3.05) is 0 Å². The monoisotopic (exact) mass is 254 g/mol. The molecule has 0 aliphatic rings. The third kappa shape index (κ3) is 3.65. The number of nitrogens with zero attached hydrogens (tertiary/aromatic N) is 1. The van der Waals surface area contributed by atoms with E-state index in [1.807, 2.05) is 13.1 Å². The normalized spacial score (nSPS) is 10.7. The molecule has 2 nitrogen and oxygen atoms in total. The maximum atomic E-state index is 4.31. The van der Waals surface area contributed by atoms with Gasteiger partial charge < -0.3 is 5.32 Å². The average Bonchev–Trinajstić information content (AvgIpc) is 2.34. The first-order valence-electron chi connectivity index (χ1n) is 6.75. The Morgan fingerprint density at radius 1 is 0.947 bits per heavy atom. The van der Waals surface area contributed by atoms with Gasteiger partial charge in [-0.15, -0.1) is 0 Å². The molecular formula is C17H22N2. The van der Waals surface area contributed by atoms with Crippen LogP contribution in [-0.4, -0.2) is 4.98 Å². The number of benzene rings is 1. The second kappa shape index (κ2) is 5.98. The SMILES string of the molecule is Cc1cc(C)c(CNCc2ccc(C)nc2)c(C)c1. The summed E-state index contributed by atoms with van der Waals surface area (Å²) >= 11 is 0. The quantitative estimate of drug-likeness (QED) is 0.901. The van der Waals surface area contributed by atoms with Crippen molar-refractivity contribution in [3.05, 3.63) is 64.0 Å². The van der Waals surface area contributed by atoms with Crippen LogP contribution in [0, 0.1) is 27.7 Å². The summed E-state index contributed by atoms with van der Waals surface area (Å²) in [4.78, 5) is 4.31. The van der Waals surface area contributed by atoms with Crippen molar-refractivity contribution in [1.29, 1.82) is 0 Å². The van der Waals surface area contributed by atoms with Crippen molar-refractivity contribution in [3.8, 4) is 0 Å². The summed E-state index contributed by atoms with van der Waals surface area (Å²) in [7, 11) is 0. The van der Waals surface area contributed by atoms with Gasteiger partial charge in [0.1, 0.15) is 0 Å². The van der Waals surface area contributed by atoms with Crippen LogP contribution < -0.4 is 5.32 Å². The second-order valence-electron chi connectivity index (χ2n) is 5.29. The van der Waals surface area contributed by atoms with Crippen LogP contribution in [0.25, 0.3) is 0 Å². The lowest BCUT2D eigenvalue weighted by Gasteiger charge is -2.12. The van der Waals surface area contributed by atoms with Crippen LogP contribution in [0.3, 0.4) is 0 Å². The fourth-order valence-corrected chi connectivity index (χ4v) is 2.42. The lowest BCUT2D eigenvalue weighted by molar-refractivity contribution is 0.685. The van der Waals surface area contributed by atoms with Crippen molar-refractivity contribution in [2.45, 2.75) is 40.8 Å². The molecule has 0 unspecified atom stereocenters. The molecule has 0 fully saturated rings. The molecule has 100 valence electrons. The Kier molecular flexibility index (Phi) is 4.33. The highest BCUT2D eigenvalue weighted by molar-refractivity contribution is 5.37. The van der Waals surface area contributed by atoms with Gasteiger partial charge in [0.05, 0.1) is 0 Å². The molecule has 1 heterocycles. The summed E-state index contributed by atoms with van der Waals surface area (Å²) < 4.78 is 0. The number of hydrogen-bond acceptors (Lipinski definition) is 2. The Labute approximate surface area is 115 Å². The van der Waals surface area contributed by atoms with E-state index >= 15 is 0 Å². The van der Waals surface area contributed by atoms with Crippen LogP contribution in [0.2, 0.25) is 0 Å². The number of hydrogen-bond donors (Lipinski definition) is 1. The molecule has 1 aromatic carbocycles. The molecule has 2 rings (SSSR count). The van der Waals surface area contributed by atoms with Crippen LogP contribution in [0.4, 0.5) is 0 Å². The Hall–Kier alpha value is -1.67. The number of pyridine rings is 1. The van der Waals surface area contributed by atoms with Crippen molar-refractivity contribution in [3.63, 3.8) is 0 Å². The van der Waals surface area contributed by atoms with E-state index < -0.39 is 0 Å². The third-order valence-corrected chi connectivity index (χ3v) is 3.44. The highest BCUT2D eigenvalue weighted by Gasteiger charge is 2.03. The maximum absolute atomic E-state index is 4.31. The van der Waals surface area contributed by atoms with E-state index in [0.717, 1.165) is 18.8 Å². The summed E-state index contributed by atoms with van der Waals surface area (Å²) in [6.45, 7) is 10.3. The Balaban J connectivity index is 1.98. The lowest BCUT2D eigenvalue weighted by Crippen LogP contribution is -2.14. The highest BCUT2D eigenvalue weighted by Crippen LogP contribution is 2.16. The fourth-order valence-electron chi connectivity index (χ4n) is 2.42. The highest BCUT2D eigenvalue weighted by atomic mass is 14.9. The smallest absolute Gasteiger partial charge is 0.0372 e. The zero-order valence-corrected chi connectivity index (χ0v) is 12.2. The number of rotatable bonds is 4. The van der Waals surface area contributed by atoms with Crippen LogP contribution >= 0.6 is 0 Å². The molecule has 0 aliphatic heterocycles. The van der Waals surface area contributed by atoms with Gasteiger partial charge in [-0.05, 0) is 56.0 Å². The van der Waals surface area contributed by atoms with Gasteiger partial charge in [0.25, 0.3) is 0 Å². The van der Waals surface area contributed by atoms with Crippen molar-refractivity contribution in [1.82, 2.24) is 10.3 Å². The van der Waals surface area contributed by atoms with E-state index in [1.54, 1.807) is 0 Å². The minimum absolute atomic E-state index is 0.861. The lowest BCUT2D eigenvalue weighted by atomic mass is 10.00. The van der Waals surface area contributed by atoms with E-state index in [2.05, 4.69) is 55.3 Å². The predicted octanol–water partition coefficient (Wildman–Crippen LogP) is 3.61. The molecule has 0 bridgehead atoms. The molecule has 1 N–H and O–H groups in total. The number of aromatic nitrogens is 1. The van der Waals surface area contributed by atoms with Crippen LogP contribution in [-0.2, 0) is 13.1 Å². The first kappa shape index (κ1) is 13.8. The Morgan fingerprint density at radius 3 is 2.21 bits per heavy atom. The summed E-state index contributed by atoms with van der Waals surface area (Å²) in [5, 5.41) is 3.50. The summed E-state index contributed by atoms with van der Waals surface area (Å²) in [6.07, 6.45) is 1.94. The van der Waals surface area contributed by atoms with Gasteiger partial charge in [0, 0.05) is 25.0 Å². The van der Waals surface area contributed by atoms with Crippen LogP contribution in [0.15, 0.2) is 30.5 Å². The van der Waals surface area contributed by atoms with E-state index in [4.69, 9.17) is 0 Å². The molecule has 2 aromatic rings. The van der Waals surface area contributed by atoms with Gasteiger partial charge in [-0.2, -0.15) is 0 Å². The molecule has 0 saturated heterocycles. The summed E-state index contributed by atoms with van der Waals surface area (Å²) in [5.74, 6) is 0. The number of aryl methyl sites for hydroxylation is 4. The van der Waals surface area contributed by atoms with E-state index in [9.17, 15) is 0 Å². The maximum Gasteiger partial charge on any atom is 0.0372 e. The van der Waals surface area contributed by atoms with Gasteiger partial charge in [0.15, 0.2) is 0 Å². The van der Waals surface area contributed by atoms with Crippen molar-refractivity contribution >= 4 is 0 Å². The van der Waals surface area contributed by atoms with Gasteiger partial charge in [0.2, 0.25) is 0 Å². The zero-order valence-electron chi connectivity index (χ0n) is 12.2. The minimum Gasteiger partial charge on any atom is -0.309 e. The molecule has 1 aromatic heterocycles. The summed E-state index contributed by atoms with van der Waals surface area (Å²) in [6, 6.07) is 8.68. The second-order valence-corrected chi connectivity index (χ2v) is 5.29. The first-order valence-corrected chi connectivity index (χ1v) is 6.75. The van der Waals surface area contributed by atoms with Crippen LogP contribution in [0.5, 0.6) is 0 Å². The first-order chi connectivity index (χ1) is 9.06. The molecule has 0 atom stereocenters. The molecule has 0 amide bonds. The average molecular weight is 254 g/mol. The van der Waals surface area contributed by atoms with Gasteiger partial charge in [-0.1, -0.05) is 23.8 Å². The predicted molar refractivity (Wildman–Crippen MR) is 80.2 cm³/mol. The van der Waals surface area contributed by atoms with Gasteiger partial charge >= 0.3 is 0 Å². The van der Waals surface area contributed by atoms with Crippen LogP contribution in [0.1, 0.15) is 33.5 Å². The minimum atomic E-state index is 0.861. The topological polar surface area (TPSA) is 24.9 Å².